The lowest BCUT2D eigenvalue weighted by Gasteiger charge is -2.30. The predicted octanol–water partition coefficient (Wildman–Crippen LogP) is 2.33. The summed E-state index contributed by atoms with van der Waals surface area (Å²) >= 11 is 6.61. The summed E-state index contributed by atoms with van der Waals surface area (Å²) in [6.07, 6.45) is 3.09. The van der Waals surface area contributed by atoms with Crippen LogP contribution in [0.4, 0.5) is 0 Å². The molecule has 0 aliphatic carbocycles. The van der Waals surface area contributed by atoms with Gasteiger partial charge in [-0.15, -0.1) is 11.6 Å². The third-order valence-corrected chi connectivity index (χ3v) is 7.64. The van der Waals surface area contributed by atoms with E-state index in [0.717, 1.165) is 48.7 Å². The molecular weight excluding hydrogens is 304 g/mol. The normalized spacial score (nSPS) is 31.3. The second kappa shape index (κ2) is 6.69. The maximum absolute atomic E-state index is 13.1. The molecule has 0 radical (unpaired) electrons. The lowest BCUT2D eigenvalue weighted by molar-refractivity contribution is 0.497. The highest BCUT2D eigenvalue weighted by atomic mass is 35.5. The van der Waals surface area contributed by atoms with E-state index in [2.05, 4.69) is 22.8 Å². The molecule has 5 heteroatoms. The summed E-state index contributed by atoms with van der Waals surface area (Å²) in [6, 6.07) is 10.2. The van der Waals surface area contributed by atoms with E-state index in [1.807, 2.05) is 18.2 Å². The van der Waals surface area contributed by atoms with Crippen LogP contribution in [0.2, 0.25) is 0 Å². The minimum Gasteiger partial charge on any atom is -0.305 e. The van der Waals surface area contributed by atoms with Crippen LogP contribution in [0.3, 0.4) is 0 Å². The van der Waals surface area contributed by atoms with E-state index < -0.39 is 9.52 Å². The fraction of sp³-hybridized carbons (Fsp3) is 0.562. The van der Waals surface area contributed by atoms with E-state index in [9.17, 15) is 4.21 Å². The summed E-state index contributed by atoms with van der Waals surface area (Å²) in [7, 11) is -1.90. The van der Waals surface area contributed by atoms with Crippen molar-refractivity contribution in [3.8, 4) is 0 Å². The SMILES string of the molecule is O=S1(=C2NCCC[C@H]2C[C@H](Cl)c2ccccc2)CCNC1. The van der Waals surface area contributed by atoms with Crippen LogP contribution in [0, 0.1) is 5.92 Å². The molecule has 2 N–H and O–H groups in total. The number of hydrogen-bond donors (Lipinski definition) is 2. The van der Waals surface area contributed by atoms with Crippen molar-refractivity contribution in [1.82, 2.24) is 10.6 Å². The average Bonchev–Trinajstić information content (AvgIpc) is 2.96. The Morgan fingerprint density at radius 3 is 2.81 bits per heavy atom. The minimum atomic E-state index is -1.90. The van der Waals surface area contributed by atoms with Gasteiger partial charge in [0.15, 0.2) is 0 Å². The number of nitrogens with one attached hydrogen (secondary N) is 2. The zero-order valence-electron chi connectivity index (χ0n) is 12.2. The largest absolute Gasteiger partial charge is 0.305 e. The van der Waals surface area contributed by atoms with Gasteiger partial charge in [-0.25, -0.2) is 0 Å². The highest BCUT2D eigenvalue weighted by molar-refractivity contribution is 8.02. The fourth-order valence-corrected chi connectivity index (χ4v) is 6.29. The number of alkyl halides is 1. The average molecular weight is 327 g/mol. The molecule has 2 aliphatic rings. The molecule has 3 atom stereocenters. The van der Waals surface area contributed by atoms with Crippen LogP contribution in [-0.4, -0.2) is 33.9 Å². The van der Waals surface area contributed by atoms with Crippen molar-refractivity contribution in [2.24, 2.45) is 5.92 Å². The van der Waals surface area contributed by atoms with E-state index in [0.29, 0.717) is 11.8 Å². The van der Waals surface area contributed by atoms with Crippen molar-refractivity contribution >= 4 is 26.1 Å². The molecule has 0 bridgehead atoms. The van der Waals surface area contributed by atoms with Gasteiger partial charge < -0.3 is 5.32 Å². The van der Waals surface area contributed by atoms with Gasteiger partial charge in [0, 0.05) is 39.3 Å². The summed E-state index contributed by atoms with van der Waals surface area (Å²) in [5.41, 5.74) is 1.16. The van der Waals surface area contributed by atoms with Gasteiger partial charge in [-0.05, 0) is 24.8 Å². The van der Waals surface area contributed by atoms with Gasteiger partial charge in [-0.2, -0.15) is 0 Å². The maximum Gasteiger partial charge on any atom is 0.0664 e. The van der Waals surface area contributed by atoms with Gasteiger partial charge in [0.1, 0.15) is 0 Å². The van der Waals surface area contributed by atoms with Crippen LogP contribution in [0.1, 0.15) is 30.2 Å². The second-order valence-corrected chi connectivity index (χ2v) is 9.19. The van der Waals surface area contributed by atoms with Gasteiger partial charge >= 0.3 is 0 Å². The molecule has 2 fully saturated rings. The summed E-state index contributed by atoms with van der Waals surface area (Å²) in [6.45, 7) is 1.81. The Labute approximate surface area is 132 Å². The molecule has 0 saturated carbocycles. The monoisotopic (exact) mass is 326 g/mol. The quantitative estimate of drug-likeness (QED) is 0.661. The zero-order chi connectivity index (χ0) is 14.7. The zero-order valence-corrected chi connectivity index (χ0v) is 13.8. The maximum atomic E-state index is 13.1. The Morgan fingerprint density at radius 2 is 2.10 bits per heavy atom. The standard InChI is InChI=1S/C16H23ClN2OS/c17-15(13-5-2-1-3-6-13)11-14-7-4-8-19-16(14)21(20)10-9-18-12-21/h1-3,5-6,14-15,18-19H,4,7-12H2/t14-,15-,21?/m0/s1. The van der Waals surface area contributed by atoms with E-state index in [1.54, 1.807) is 0 Å². The van der Waals surface area contributed by atoms with Crippen LogP contribution in [0.15, 0.2) is 30.3 Å². The van der Waals surface area contributed by atoms with Crippen molar-refractivity contribution in [3.05, 3.63) is 35.9 Å². The first-order valence-electron chi connectivity index (χ1n) is 7.69. The predicted molar refractivity (Wildman–Crippen MR) is 91.3 cm³/mol. The number of hydrogen-bond acceptors (Lipinski definition) is 2. The smallest absolute Gasteiger partial charge is 0.0664 e. The summed E-state index contributed by atoms with van der Waals surface area (Å²) < 4.78 is 13.1. The highest BCUT2D eigenvalue weighted by Gasteiger charge is 2.30. The van der Waals surface area contributed by atoms with Crippen molar-refractivity contribution in [2.45, 2.75) is 24.6 Å². The Kier molecular flexibility index (Phi) is 4.89. The summed E-state index contributed by atoms with van der Waals surface area (Å²) in [5.74, 6) is 1.72. The van der Waals surface area contributed by atoms with Gasteiger partial charge in [0.2, 0.25) is 0 Å². The molecule has 1 aromatic rings. The van der Waals surface area contributed by atoms with Crippen LogP contribution in [0.5, 0.6) is 0 Å². The molecule has 3 nitrogen and oxygen atoms in total. The molecule has 3 rings (SSSR count). The molecule has 0 spiro atoms. The molecule has 0 aromatic heterocycles. The first-order valence-corrected chi connectivity index (χ1v) is 10.0. The Bertz CT molecular complexity index is 584. The van der Waals surface area contributed by atoms with Crippen molar-refractivity contribution < 1.29 is 4.21 Å². The van der Waals surface area contributed by atoms with Crippen LogP contribution in [0.25, 0.3) is 0 Å². The van der Waals surface area contributed by atoms with Crippen molar-refractivity contribution in [2.75, 3.05) is 24.7 Å². The number of rotatable bonds is 3. The number of benzene rings is 1. The Balaban J connectivity index is 1.81. The summed E-state index contributed by atoms with van der Waals surface area (Å²) in [4.78, 5) is 1.08. The Hall–Kier alpha value is -0.550. The molecule has 1 unspecified atom stereocenters. The third kappa shape index (κ3) is 3.45. The number of halogens is 1. The molecule has 21 heavy (non-hydrogen) atoms. The molecule has 2 heterocycles. The third-order valence-electron chi connectivity index (χ3n) is 4.40. The van der Waals surface area contributed by atoms with Crippen molar-refractivity contribution in [1.29, 1.82) is 0 Å². The fourth-order valence-electron chi connectivity index (χ4n) is 3.28. The van der Waals surface area contributed by atoms with Gasteiger partial charge in [0.25, 0.3) is 0 Å². The van der Waals surface area contributed by atoms with Gasteiger partial charge in [0.05, 0.1) is 11.3 Å². The van der Waals surface area contributed by atoms with E-state index in [4.69, 9.17) is 11.6 Å². The highest BCUT2D eigenvalue weighted by Crippen LogP contribution is 2.32. The first kappa shape index (κ1) is 15.3. The van der Waals surface area contributed by atoms with Crippen LogP contribution in [-0.2, 0) is 9.52 Å². The number of piperidine rings is 1. The van der Waals surface area contributed by atoms with Crippen LogP contribution < -0.4 is 10.6 Å². The molecule has 1 aromatic carbocycles. The Morgan fingerprint density at radius 1 is 1.29 bits per heavy atom. The molecular formula is C16H23ClN2OS. The molecule has 0 amide bonds. The second-order valence-electron chi connectivity index (χ2n) is 5.90. The topological polar surface area (TPSA) is 41.1 Å². The van der Waals surface area contributed by atoms with Gasteiger partial charge in [-0.1, -0.05) is 30.3 Å². The molecule has 2 aliphatic heterocycles. The van der Waals surface area contributed by atoms with E-state index in [-0.39, 0.29) is 5.38 Å². The van der Waals surface area contributed by atoms with Crippen LogP contribution >= 0.6 is 11.6 Å². The van der Waals surface area contributed by atoms with E-state index in [1.165, 1.54) is 0 Å². The van der Waals surface area contributed by atoms with Crippen molar-refractivity contribution in [3.63, 3.8) is 0 Å². The lowest BCUT2D eigenvalue weighted by Crippen LogP contribution is -2.42. The van der Waals surface area contributed by atoms with E-state index >= 15 is 0 Å². The summed E-state index contributed by atoms with van der Waals surface area (Å²) in [5, 5.41) is 6.69. The lowest BCUT2D eigenvalue weighted by atomic mass is 9.92. The molecule has 116 valence electrons. The minimum absolute atomic E-state index is 0.0107. The van der Waals surface area contributed by atoms with Gasteiger partial charge in [-0.3, -0.25) is 9.53 Å². The first-order chi connectivity index (χ1) is 10.2. The molecule has 2 saturated heterocycles.